The van der Waals surface area contributed by atoms with E-state index in [-0.39, 0.29) is 0 Å². The van der Waals surface area contributed by atoms with E-state index in [4.69, 9.17) is 19.4 Å². The summed E-state index contributed by atoms with van der Waals surface area (Å²) < 4.78 is 11.7. The molecule has 4 aromatic heterocycles. The number of aromatic nitrogens is 5. The Morgan fingerprint density at radius 1 is 0.304 bits per heavy atom. The van der Waals surface area contributed by atoms with Crippen LogP contribution in [0.4, 0.5) is 0 Å². The molecule has 0 spiro atoms. The number of para-hydroxylation sites is 4. The summed E-state index contributed by atoms with van der Waals surface area (Å²) in [6.45, 7) is 0. The summed E-state index contributed by atoms with van der Waals surface area (Å²) in [7, 11) is 0. The smallest absolute Gasteiger partial charge is 0.164 e. The molecule has 0 fully saturated rings. The van der Waals surface area contributed by atoms with Crippen LogP contribution < -0.4 is 0 Å². The molecule has 0 unspecified atom stereocenters. The lowest BCUT2D eigenvalue weighted by Gasteiger charge is -2.11. The summed E-state index contributed by atoms with van der Waals surface area (Å²) in [4.78, 5) is 15.8. The monoisotopic (exact) mass is 879 g/mol. The Morgan fingerprint density at radius 2 is 0.826 bits per heavy atom. The van der Waals surface area contributed by atoms with Crippen molar-refractivity contribution in [3.63, 3.8) is 0 Å². The fraction of sp³-hybridized carbons (Fsp3) is 0. The zero-order valence-corrected chi connectivity index (χ0v) is 37.0. The molecule has 0 aliphatic rings. The fourth-order valence-electron chi connectivity index (χ4n) is 10.9. The van der Waals surface area contributed by atoms with Crippen molar-refractivity contribution in [3.05, 3.63) is 224 Å². The van der Waals surface area contributed by atoms with Crippen molar-refractivity contribution in [2.45, 2.75) is 0 Å². The molecular formula is C63H37N5O. The van der Waals surface area contributed by atoms with Crippen molar-refractivity contribution in [2.75, 3.05) is 0 Å². The zero-order chi connectivity index (χ0) is 45.2. The van der Waals surface area contributed by atoms with Gasteiger partial charge >= 0.3 is 0 Å². The first-order valence-electron chi connectivity index (χ1n) is 23.3. The second-order valence-electron chi connectivity index (χ2n) is 18.0. The number of nitrogens with zero attached hydrogens (tertiary/aromatic N) is 5. The number of fused-ring (bicyclic) bond motifs is 13. The van der Waals surface area contributed by atoms with Gasteiger partial charge in [0, 0.05) is 54.7 Å². The Hall–Kier alpha value is -9.39. The Kier molecular flexibility index (Phi) is 7.97. The number of hydrogen-bond acceptors (Lipinski definition) is 4. The molecule has 0 atom stereocenters. The topological polar surface area (TPSA) is 61.7 Å². The molecule has 0 N–H and O–H groups in total. The van der Waals surface area contributed by atoms with E-state index in [9.17, 15) is 0 Å². The van der Waals surface area contributed by atoms with Crippen LogP contribution in [0.15, 0.2) is 229 Å². The van der Waals surface area contributed by atoms with Gasteiger partial charge in [-0.3, -0.25) is 0 Å². The van der Waals surface area contributed by atoms with Crippen LogP contribution in [0.5, 0.6) is 0 Å². The summed E-state index contributed by atoms with van der Waals surface area (Å²) in [6, 6.07) is 79.7. The largest absolute Gasteiger partial charge is 0.454 e. The first-order chi connectivity index (χ1) is 34.2. The minimum Gasteiger partial charge on any atom is -0.454 e. The molecule has 0 amide bonds. The summed E-state index contributed by atoms with van der Waals surface area (Å²) in [5.41, 5.74) is 11.1. The van der Waals surface area contributed by atoms with Crippen LogP contribution in [-0.2, 0) is 0 Å². The third kappa shape index (κ3) is 5.76. The van der Waals surface area contributed by atoms with E-state index in [1.165, 1.54) is 26.9 Å². The number of rotatable bonds is 5. The van der Waals surface area contributed by atoms with E-state index >= 15 is 0 Å². The summed E-state index contributed by atoms with van der Waals surface area (Å²) in [6.07, 6.45) is 0. The highest BCUT2D eigenvalue weighted by atomic mass is 16.3. The van der Waals surface area contributed by atoms with Gasteiger partial charge in [-0.1, -0.05) is 146 Å². The molecule has 6 nitrogen and oxygen atoms in total. The Labute approximate surface area is 394 Å². The quantitative estimate of drug-likeness (QED) is 0.173. The van der Waals surface area contributed by atoms with Crippen molar-refractivity contribution < 1.29 is 4.42 Å². The van der Waals surface area contributed by atoms with Gasteiger partial charge in [-0.2, -0.15) is 0 Å². The van der Waals surface area contributed by atoms with E-state index in [1.807, 2.05) is 0 Å². The highest BCUT2D eigenvalue weighted by Crippen LogP contribution is 2.42. The lowest BCUT2D eigenvalue weighted by molar-refractivity contribution is 0.666. The minimum atomic E-state index is 0.597. The van der Waals surface area contributed by atoms with Crippen molar-refractivity contribution in [1.82, 2.24) is 24.1 Å². The second kappa shape index (κ2) is 14.6. The Balaban J connectivity index is 0.936. The molecule has 320 valence electrons. The van der Waals surface area contributed by atoms with Crippen LogP contribution in [-0.4, -0.2) is 24.1 Å². The molecule has 69 heavy (non-hydrogen) atoms. The molecule has 0 bridgehead atoms. The molecule has 0 aliphatic heterocycles. The van der Waals surface area contributed by atoms with Gasteiger partial charge in [-0.15, -0.1) is 0 Å². The average Bonchev–Trinajstić information content (AvgIpc) is 4.07. The molecule has 0 saturated carbocycles. The number of benzene rings is 11. The van der Waals surface area contributed by atoms with Crippen molar-refractivity contribution >= 4 is 97.9 Å². The first-order valence-corrected chi connectivity index (χ1v) is 23.3. The van der Waals surface area contributed by atoms with Gasteiger partial charge < -0.3 is 13.6 Å². The molecule has 4 heterocycles. The van der Waals surface area contributed by atoms with Crippen LogP contribution in [0.25, 0.3) is 143 Å². The average molecular weight is 880 g/mol. The minimum absolute atomic E-state index is 0.597. The standard InChI is InChI=1S/C63H37N5O/c1-2-17-46(18-3-1)67-53-22-10-8-19-47(53)51-36-45(29-31-55(51)67)63-65-61(43-27-25-38-13-4-5-14-40(38)33-43)64-62(66-63)44-28-26-39-30-32-58-59(50(39)35-44)49-21-12-24-56(60(49)69-58)68-54-23-11-9-20-48(54)52-34-41-15-6-7-16-42(41)37-57(52)68/h1-37H. The lowest BCUT2D eigenvalue weighted by Crippen LogP contribution is -2.00. The van der Waals surface area contributed by atoms with Gasteiger partial charge in [0.25, 0.3) is 0 Å². The third-order valence-corrected chi connectivity index (χ3v) is 14.1. The zero-order valence-electron chi connectivity index (χ0n) is 37.0. The van der Waals surface area contributed by atoms with E-state index in [2.05, 4.69) is 234 Å². The molecule has 11 aromatic carbocycles. The third-order valence-electron chi connectivity index (χ3n) is 14.1. The summed E-state index contributed by atoms with van der Waals surface area (Å²) >= 11 is 0. The predicted molar refractivity (Wildman–Crippen MR) is 285 cm³/mol. The summed E-state index contributed by atoms with van der Waals surface area (Å²) in [5, 5.41) is 13.7. The maximum absolute atomic E-state index is 6.97. The van der Waals surface area contributed by atoms with Gasteiger partial charge in [0.2, 0.25) is 0 Å². The highest BCUT2D eigenvalue weighted by molar-refractivity contribution is 6.21. The maximum atomic E-state index is 6.97. The number of furan rings is 1. The van der Waals surface area contributed by atoms with E-state index in [0.29, 0.717) is 17.5 Å². The van der Waals surface area contributed by atoms with E-state index in [0.717, 1.165) is 99.0 Å². The lowest BCUT2D eigenvalue weighted by atomic mass is 10.0. The van der Waals surface area contributed by atoms with E-state index in [1.54, 1.807) is 0 Å². The molecule has 6 heteroatoms. The summed E-state index contributed by atoms with van der Waals surface area (Å²) in [5.74, 6) is 1.82. The van der Waals surface area contributed by atoms with Crippen molar-refractivity contribution in [2.24, 2.45) is 0 Å². The van der Waals surface area contributed by atoms with Crippen LogP contribution >= 0.6 is 0 Å². The fourth-order valence-corrected chi connectivity index (χ4v) is 10.9. The first kappa shape index (κ1) is 37.8. The van der Waals surface area contributed by atoms with Crippen LogP contribution in [0.2, 0.25) is 0 Å². The maximum Gasteiger partial charge on any atom is 0.164 e. The number of hydrogen-bond donors (Lipinski definition) is 0. The van der Waals surface area contributed by atoms with Gasteiger partial charge in [0.15, 0.2) is 23.1 Å². The Morgan fingerprint density at radius 3 is 1.57 bits per heavy atom. The van der Waals surface area contributed by atoms with Gasteiger partial charge in [0.05, 0.1) is 27.8 Å². The SMILES string of the molecule is c1ccc(-n2c3ccccc3c3cc(-c4nc(-c5ccc6ccccc6c5)nc(-c5ccc6ccc7oc8c(-n9c%10ccccc%10c%10cc%11ccccc%11cc%109)cccc8c7c6c5)n4)ccc32)cc1. The normalized spacial score (nSPS) is 12.1. The molecule has 0 saturated heterocycles. The van der Waals surface area contributed by atoms with Crippen molar-refractivity contribution in [3.8, 4) is 45.5 Å². The van der Waals surface area contributed by atoms with E-state index < -0.39 is 0 Å². The van der Waals surface area contributed by atoms with Gasteiger partial charge in [0.1, 0.15) is 5.58 Å². The Bertz CT molecular complexity index is 4620. The molecule has 15 rings (SSSR count). The van der Waals surface area contributed by atoms with Crippen LogP contribution in [0, 0.1) is 0 Å². The van der Waals surface area contributed by atoms with Gasteiger partial charge in [-0.05, 0) is 111 Å². The highest BCUT2D eigenvalue weighted by Gasteiger charge is 2.21. The molecule has 15 aromatic rings. The van der Waals surface area contributed by atoms with Gasteiger partial charge in [-0.25, -0.2) is 15.0 Å². The second-order valence-corrected chi connectivity index (χ2v) is 18.0. The molecule has 0 aliphatic carbocycles. The van der Waals surface area contributed by atoms with Crippen molar-refractivity contribution in [1.29, 1.82) is 0 Å². The molecule has 0 radical (unpaired) electrons. The van der Waals surface area contributed by atoms with Crippen LogP contribution in [0.3, 0.4) is 0 Å². The van der Waals surface area contributed by atoms with Crippen LogP contribution in [0.1, 0.15) is 0 Å². The molecular weight excluding hydrogens is 843 g/mol. The predicted octanol–water partition coefficient (Wildman–Crippen LogP) is 16.4.